The van der Waals surface area contributed by atoms with Crippen LogP contribution < -0.4 is 5.32 Å². The van der Waals surface area contributed by atoms with Crippen LogP contribution in [0.1, 0.15) is 52.4 Å². The maximum absolute atomic E-state index is 6.37. The third kappa shape index (κ3) is 6.08. The minimum absolute atomic E-state index is 0.285. The second-order valence-electron chi connectivity index (χ2n) is 5.07. The summed E-state index contributed by atoms with van der Waals surface area (Å²) in [6.07, 6.45) is 7.80. The summed E-state index contributed by atoms with van der Waals surface area (Å²) in [5, 5.41) is 3.76. The van der Waals surface area contributed by atoms with E-state index in [0.29, 0.717) is 12.0 Å². The highest BCUT2D eigenvalue weighted by molar-refractivity contribution is 6.21. The average molecular weight is 262 g/mol. The molecular formula is C14H28ClNO. The van der Waals surface area contributed by atoms with Gasteiger partial charge in [0.2, 0.25) is 0 Å². The van der Waals surface area contributed by atoms with Gasteiger partial charge in [-0.15, -0.1) is 11.6 Å². The number of ether oxygens (including phenoxy) is 1. The summed E-state index contributed by atoms with van der Waals surface area (Å²) < 4.78 is 5.60. The molecule has 1 saturated heterocycles. The van der Waals surface area contributed by atoms with Gasteiger partial charge in [0, 0.05) is 18.5 Å². The number of hydrogen-bond donors (Lipinski definition) is 1. The summed E-state index contributed by atoms with van der Waals surface area (Å²) in [6, 6.07) is 0. The van der Waals surface area contributed by atoms with E-state index in [0.717, 1.165) is 19.7 Å². The fraction of sp³-hybridized carbons (Fsp3) is 1.00. The van der Waals surface area contributed by atoms with Crippen LogP contribution in [0.3, 0.4) is 0 Å². The zero-order chi connectivity index (χ0) is 12.5. The van der Waals surface area contributed by atoms with Crippen molar-refractivity contribution in [1.82, 2.24) is 5.32 Å². The van der Waals surface area contributed by atoms with Crippen LogP contribution in [-0.4, -0.2) is 31.2 Å². The van der Waals surface area contributed by atoms with Crippen LogP contribution in [0.15, 0.2) is 0 Å². The van der Waals surface area contributed by atoms with Gasteiger partial charge in [0.15, 0.2) is 0 Å². The van der Waals surface area contributed by atoms with Crippen molar-refractivity contribution in [2.45, 2.75) is 63.9 Å². The Balaban J connectivity index is 1.95. The topological polar surface area (TPSA) is 21.3 Å². The van der Waals surface area contributed by atoms with Crippen molar-refractivity contribution in [2.75, 3.05) is 19.7 Å². The van der Waals surface area contributed by atoms with E-state index >= 15 is 0 Å². The van der Waals surface area contributed by atoms with Crippen LogP contribution in [-0.2, 0) is 4.74 Å². The molecule has 0 amide bonds. The first-order chi connectivity index (χ1) is 8.27. The minimum atomic E-state index is 0.285. The lowest BCUT2D eigenvalue weighted by molar-refractivity contribution is 0.102. The van der Waals surface area contributed by atoms with Gasteiger partial charge in [0.05, 0.1) is 6.10 Å². The number of rotatable bonds is 9. The molecule has 1 fully saturated rings. The zero-order valence-corrected chi connectivity index (χ0v) is 12.1. The first-order valence-electron chi connectivity index (χ1n) is 7.24. The Morgan fingerprint density at radius 3 is 2.71 bits per heavy atom. The van der Waals surface area contributed by atoms with Gasteiger partial charge in [-0.2, -0.15) is 0 Å². The maximum Gasteiger partial charge on any atom is 0.0576 e. The number of nitrogens with one attached hydrogen (secondary N) is 1. The molecule has 0 aliphatic carbocycles. The molecule has 0 radical (unpaired) electrons. The van der Waals surface area contributed by atoms with Crippen LogP contribution in [0.4, 0.5) is 0 Å². The molecule has 1 rings (SSSR count). The van der Waals surface area contributed by atoms with Crippen LogP contribution in [0.25, 0.3) is 0 Å². The molecule has 3 heteroatoms. The quantitative estimate of drug-likeness (QED) is 0.506. The number of hydrogen-bond acceptors (Lipinski definition) is 2. The fourth-order valence-corrected chi connectivity index (χ4v) is 3.00. The second kappa shape index (κ2) is 9.18. The van der Waals surface area contributed by atoms with E-state index < -0.39 is 0 Å². The second-order valence-corrected chi connectivity index (χ2v) is 5.63. The molecule has 0 aromatic carbocycles. The van der Waals surface area contributed by atoms with Gasteiger partial charge in [-0.05, 0) is 38.1 Å². The standard InChI is InChI=1S/C14H28ClNO/c1-3-12(4-2)14(15)11-16-9-5-7-13-8-6-10-17-13/h12-14,16H,3-11H2,1-2H3. The first kappa shape index (κ1) is 15.3. The minimum Gasteiger partial charge on any atom is -0.378 e. The highest BCUT2D eigenvalue weighted by atomic mass is 35.5. The van der Waals surface area contributed by atoms with Crippen LogP contribution in [0.5, 0.6) is 0 Å². The predicted molar refractivity (Wildman–Crippen MR) is 74.8 cm³/mol. The molecule has 1 heterocycles. The normalized spacial score (nSPS) is 22.2. The molecule has 1 aliphatic rings. The van der Waals surface area contributed by atoms with Crippen molar-refractivity contribution in [2.24, 2.45) is 5.92 Å². The molecule has 0 spiro atoms. The summed E-state index contributed by atoms with van der Waals surface area (Å²) in [7, 11) is 0. The van der Waals surface area contributed by atoms with Gasteiger partial charge in [0.25, 0.3) is 0 Å². The molecule has 0 saturated carbocycles. The third-order valence-electron chi connectivity index (χ3n) is 3.80. The van der Waals surface area contributed by atoms with Crippen molar-refractivity contribution in [1.29, 1.82) is 0 Å². The molecule has 2 unspecified atom stereocenters. The molecule has 2 atom stereocenters. The van der Waals surface area contributed by atoms with E-state index in [1.54, 1.807) is 0 Å². The van der Waals surface area contributed by atoms with Crippen molar-refractivity contribution < 1.29 is 4.74 Å². The Labute approximate surface area is 111 Å². The Hall–Kier alpha value is 0.210. The van der Waals surface area contributed by atoms with Gasteiger partial charge >= 0.3 is 0 Å². The summed E-state index contributed by atoms with van der Waals surface area (Å²) in [6.45, 7) is 7.43. The van der Waals surface area contributed by atoms with Gasteiger partial charge in [-0.1, -0.05) is 26.7 Å². The van der Waals surface area contributed by atoms with Crippen molar-refractivity contribution in [3.8, 4) is 0 Å². The van der Waals surface area contributed by atoms with Crippen LogP contribution in [0.2, 0.25) is 0 Å². The summed E-state index contributed by atoms with van der Waals surface area (Å²) in [5.74, 6) is 0.655. The summed E-state index contributed by atoms with van der Waals surface area (Å²) >= 11 is 6.37. The number of alkyl halides is 1. The predicted octanol–water partition coefficient (Wildman–Crippen LogP) is 3.58. The Morgan fingerprint density at radius 1 is 1.35 bits per heavy atom. The van der Waals surface area contributed by atoms with E-state index in [9.17, 15) is 0 Å². The first-order valence-corrected chi connectivity index (χ1v) is 7.67. The third-order valence-corrected chi connectivity index (χ3v) is 4.31. The highest BCUT2D eigenvalue weighted by Crippen LogP contribution is 2.18. The lowest BCUT2D eigenvalue weighted by Gasteiger charge is -2.19. The van der Waals surface area contributed by atoms with Crippen LogP contribution >= 0.6 is 11.6 Å². The molecule has 1 N–H and O–H groups in total. The molecule has 17 heavy (non-hydrogen) atoms. The summed E-state index contributed by atoms with van der Waals surface area (Å²) in [5.41, 5.74) is 0. The Morgan fingerprint density at radius 2 is 2.12 bits per heavy atom. The number of halogens is 1. The van der Waals surface area contributed by atoms with Gasteiger partial charge < -0.3 is 10.1 Å². The van der Waals surface area contributed by atoms with E-state index in [4.69, 9.17) is 16.3 Å². The largest absolute Gasteiger partial charge is 0.378 e. The van der Waals surface area contributed by atoms with Crippen molar-refractivity contribution in [3.05, 3.63) is 0 Å². The lowest BCUT2D eigenvalue weighted by atomic mass is 9.99. The lowest BCUT2D eigenvalue weighted by Crippen LogP contribution is -2.29. The summed E-state index contributed by atoms with van der Waals surface area (Å²) in [4.78, 5) is 0. The van der Waals surface area contributed by atoms with E-state index in [-0.39, 0.29) is 5.38 Å². The van der Waals surface area contributed by atoms with E-state index in [2.05, 4.69) is 19.2 Å². The van der Waals surface area contributed by atoms with Gasteiger partial charge in [-0.3, -0.25) is 0 Å². The average Bonchev–Trinajstić information content (AvgIpc) is 2.83. The van der Waals surface area contributed by atoms with Crippen molar-refractivity contribution >= 4 is 11.6 Å². The molecule has 0 aromatic rings. The SMILES string of the molecule is CCC(CC)C(Cl)CNCCCC1CCCO1. The molecule has 1 aliphatic heterocycles. The Kier molecular flexibility index (Phi) is 8.25. The van der Waals surface area contributed by atoms with Gasteiger partial charge in [0.1, 0.15) is 0 Å². The van der Waals surface area contributed by atoms with Crippen molar-refractivity contribution in [3.63, 3.8) is 0 Å². The Bertz CT molecular complexity index is 179. The molecule has 2 nitrogen and oxygen atoms in total. The highest BCUT2D eigenvalue weighted by Gasteiger charge is 2.16. The smallest absolute Gasteiger partial charge is 0.0576 e. The van der Waals surface area contributed by atoms with E-state index in [1.807, 2.05) is 0 Å². The molecular weight excluding hydrogens is 234 g/mol. The van der Waals surface area contributed by atoms with Crippen LogP contribution in [0, 0.1) is 5.92 Å². The van der Waals surface area contributed by atoms with Gasteiger partial charge in [-0.25, -0.2) is 0 Å². The monoisotopic (exact) mass is 261 g/mol. The molecule has 0 aromatic heterocycles. The van der Waals surface area contributed by atoms with E-state index in [1.165, 1.54) is 38.5 Å². The zero-order valence-electron chi connectivity index (χ0n) is 11.4. The molecule has 0 bridgehead atoms. The fourth-order valence-electron chi connectivity index (χ4n) is 2.53. The maximum atomic E-state index is 6.37. The molecule has 102 valence electrons.